The van der Waals surface area contributed by atoms with Gasteiger partial charge in [-0.1, -0.05) is 221 Å². The van der Waals surface area contributed by atoms with E-state index in [9.17, 15) is 19.8 Å². The minimum atomic E-state index is -1.53. The van der Waals surface area contributed by atoms with Crippen LogP contribution in [0.15, 0.2) is 60.7 Å². The second-order valence-electron chi connectivity index (χ2n) is 23.7. The first kappa shape index (κ1) is 64.4. The van der Waals surface area contributed by atoms with Crippen LogP contribution in [0.5, 0.6) is 0 Å². The van der Waals surface area contributed by atoms with Crippen molar-refractivity contribution in [3.8, 4) is 0 Å². The number of aliphatic hydroxyl groups is 2. The molecule has 0 aromatic heterocycles. The summed E-state index contributed by atoms with van der Waals surface area (Å²) < 4.78 is 37.3. The first-order valence-electron chi connectivity index (χ1n) is 29.3. The molecule has 2 aromatic rings. The average molecular weight is 1020 g/mol. The van der Waals surface area contributed by atoms with Gasteiger partial charge in [-0.05, 0) is 84.5 Å². The van der Waals surface area contributed by atoms with Gasteiger partial charge in [-0.15, -0.1) is 0 Å². The standard InChI is InChI=1S/C63H106O10/c1-46(2)23-17-25-48(5)27-19-29-50(7)31-21-33-52(9)39-41-68-44-56(69-42-40-53(10)34-22-32-51(8)30-20-28-49(6)26-18-24-47(3)4)45-70-63-60(73-62(67)55-37-15-12-16-38-55)59(58(65)57(43-64)71-63)72-61(66)54-35-13-11-14-36-54/h11-16,35-38,46-53,56-60,63-65H,17-34,39-45H2,1-10H3/t48-,49-,50-,51-,52-,53-,56-,57-,58-,59+,60-,63-/m1/s1. The Hall–Kier alpha value is -2.86. The molecule has 0 amide bonds. The van der Waals surface area contributed by atoms with Gasteiger partial charge in [0.1, 0.15) is 18.3 Å². The minimum Gasteiger partial charge on any atom is -0.452 e. The van der Waals surface area contributed by atoms with Crippen molar-refractivity contribution in [2.24, 2.45) is 47.3 Å². The molecule has 0 spiro atoms. The van der Waals surface area contributed by atoms with Crippen molar-refractivity contribution in [1.29, 1.82) is 0 Å². The number of hydrogen-bond acceptors (Lipinski definition) is 10. The second kappa shape index (κ2) is 37.8. The van der Waals surface area contributed by atoms with Crippen LogP contribution in [-0.2, 0) is 28.4 Å². The fourth-order valence-electron chi connectivity index (χ4n) is 10.1. The molecule has 2 N–H and O–H groups in total. The highest BCUT2D eigenvalue weighted by atomic mass is 16.7. The molecule has 0 saturated carbocycles. The first-order chi connectivity index (χ1) is 35.1. The molecular formula is C63H106O10. The predicted octanol–water partition coefficient (Wildman–Crippen LogP) is 14.9. The molecule has 1 saturated heterocycles. The third-order valence-corrected chi connectivity index (χ3v) is 15.3. The molecule has 73 heavy (non-hydrogen) atoms. The van der Waals surface area contributed by atoms with Crippen LogP contribution in [-0.4, -0.2) is 92.0 Å². The van der Waals surface area contributed by atoms with E-state index in [4.69, 9.17) is 28.4 Å². The van der Waals surface area contributed by atoms with Crippen molar-refractivity contribution in [2.45, 2.75) is 234 Å². The molecule has 3 rings (SSSR count). The number of esters is 2. The molecule has 10 heteroatoms. The molecule has 12 atom stereocenters. The summed E-state index contributed by atoms with van der Waals surface area (Å²) in [6.07, 6.45) is 17.8. The summed E-state index contributed by atoms with van der Waals surface area (Å²) in [6, 6.07) is 16.8. The zero-order valence-electron chi connectivity index (χ0n) is 47.7. The van der Waals surface area contributed by atoms with E-state index in [2.05, 4.69) is 69.2 Å². The highest BCUT2D eigenvalue weighted by molar-refractivity contribution is 5.90. The van der Waals surface area contributed by atoms with Crippen LogP contribution >= 0.6 is 0 Å². The Morgan fingerprint density at radius 1 is 0.493 bits per heavy atom. The summed E-state index contributed by atoms with van der Waals surface area (Å²) in [5.41, 5.74) is 0.516. The van der Waals surface area contributed by atoms with E-state index in [0.29, 0.717) is 25.0 Å². The predicted molar refractivity (Wildman–Crippen MR) is 297 cm³/mol. The van der Waals surface area contributed by atoms with Gasteiger partial charge in [-0.25, -0.2) is 9.59 Å². The lowest BCUT2D eigenvalue weighted by Crippen LogP contribution is -2.62. The van der Waals surface area contributed by atoms with Crippen LogP contribution in [0.3, 0.4) is 0 Å². The fourth-order valence-corrected chi connectivity index (χ4v) is 10.1. The largest absolute Gasteiger partial charge is 0.452 e. The second-order valence-corrected chi connectivity index (χ2v) is 23.7. The minimum absolute atomic E-state index is 0.00402. The van der Waals surface area contributed by atoms with E-state index in [-0.39, 0.29) is 24.3 Å². The molecular weight excluding hydrogens is 917 g/mol. The maximum Gasteiger partial charge on any atom is 0.338 e. The normalized spacial score (nSPS) is 21.1. The Kier molecular flexibility index (Phi) is 33.4. The van der Waals surface area contributed by atoms with Gasteiger partial charge in [0, 0.05) is 13.2 Å². The van der Waals surface area contributed by atoms with Gasteiger partial charge < -0.3 is 38.6 Å². The third-order valence-electron chi connectivity index (χ3n) is 15.3. The summed E-state index contributed by atoms with van der Waals surface area (Å²) in [5.74, 6) is 4.30. The molecule has 10 nitrogen and oxygen atoms in total. The number of hydrogen-bond donors (Lipinski definition) is 2. The van der Waals surface area contributed by atoms with E-state index in [1.807, 2.05) is 0 Å². The number of carbonyl (C=O) groups is 2. The highest BCUT2D eigenvalue weighted by Crippen LogP contribution is 2.30. The van der Waals surface area contributed by atoms with Crippen molar-refractivity contribution < 1.29 is 48.2 Å². The highest BCUT2D eigenvalue weighted by Gasteiger charge is 2.50. The third kappa shape index (κ3) is 28.2. The van der Waals surface area contributed by atoms with E-state index < -0.39 is 55.4 Å². The number of ether oxygens (including phenoxy) is 6. The van der Waals surface area contributed by atoms with E-state index in [1.165, 1.54) is 109 Å². The first-order valence-corrected chi connectivity index (χ1v) is 29.3. The molecule has 1 heterocycles. The van der Waals surface area contributed by atoms with Crippen LogP contribution < -0.4 is 0 Å². The van der Waals surface area contributed by atoms with Crippen molar-refractivity contribution in [3.63, 3.8) is 0 Å². The summed E-state index contributed by atoms with van der Waals surface area (Å²) >= 11 is 0. The van der Waals surface area contributed by atoms with Gasteiger partial charge in [-0.2, -0.15) is 0 Å². The van der Waals surface area contributed by atoms with Crippen molar-refractivity contribution in [1.82, 2.24) is 0 Å². The Bertz CT molecular complexity index is 1670. The van der Waals surface area contributed by atoms with Crippen LogP contribution in [0.1, 0.15) is 218 Å². The smallest absolute Gasteiger partial charge is 0.338 e. The van der Waals surface area contributed by atoms with Gasteiger partial charge in [0.2, 0.25) is 0 Å². The van der Waals surface area contributed by atoms with Crippen LogP contribution in [0.4, 0.5) is 0 Å². The number of aliphatic hydroxyl groups excluding tert-OH is 2. The van der Waals surface area contributed by atoms with Gasteiger partial charge >= 0.3 is 11.9 Å². The van der Waals surface area contributed by atoms with Crippen LogP contribution in [0.25, 0.3) is 0 Å². The molecule has 1 aliphatic heterocycles. The molecule has 0 bridgehead atoms. The summed E-state index contributed by atoms with van der Waals surface area (Å²) in [7, 11) is 0. The molecule has 0 unspecified atom stereocenters. The topological polar surface area (TPSA) is 130 Å². The molecule has 1 fully saturated rings. The number of carbonyl (C=O) groups excluding carboxylic acids is 2. The van der Waals surface area contributed by atoms with Gasteiger partial charge in [0.05, 0.1) is 30.9 Å². The zero-order valence-corrected chi connectivity index (χ0v) is 47.7. The van der Waals surface area contributed by atoms with E-state index in [1.54, 1.807) is 60.7 Å². The molecule has 2 aromatic carbocycles. The monoisotopic (exact) mass is 1020 g/mol. The quantitative estimate of drug-likeness (QED) is 0.0490. The van der Waals surface area contributed by atoms with Gasteiger partial charge in [0.25, 0.3) is 0 Å². The number of rotatable bonds is 41. The lowest BCUT2D eigenvalue weighted by molar-refractivity contribution is -0.304. The average Bonchev–Trinajstić information content (AvgIpc) is 3.36. The fraction of sp³-hybridized carbons (Fsp3) is 0.778. The number of benzene rings is 2. The molecule has 0 aliphatic carbocycles. The van der Waals surface area contributed by atoms with Crippen LogP contribution in [0, 0.1) is 47.3 Å². The van der Waals surface area contributed by atoms with E-state index >= 15 is 0 Å². The van der Waals surface area contributed by atoms with Crippen molar-refractivity contribution >= 4 is 11.9 Å². The van der Waals surface area contributed by atoms with Crippen LogP contribution in [0.2, 0.25) is 0 Å². The Morgan fingerprint density at radius 2 is 0.863 bits per heavy atom. The molecule has 418 valence electrons. The zero-order chi connectivity index (χ0) is 53.4. The lowest BCUT2D eigenvalue weighted by atomic mass is 9.91. The molecule has 0 radical (unpaired) electrons. The summed E-state index contributed by atoms with van der Waals surface area (Å²) in [4.78, 5) is 27.0. The van der Waals surface area contributed by atoms with Crippen molar-refractivity contribution in [3.05, 3.63) is 71.8 Å². The van der Waals surface area contributed by atoms with Crippen molar-refractivity contribution in [2.75, 3.05) is 33.0 Å². The maximum absolute atomic E-state index is 13.6. The van der Waals surface area contributed by atoms with Gasteiger partial charge in [-0.3, -0.25) is 0 Å². The Labute approximate surface area is 445 Å². The Balaban J connectivity index is 1.60. The Morgan fingerprint density at radius 3 is 1.26 bits per heavy atom. The van der Waals surface area contributed by atoms with E-state index in [0.717, 1.165) is 54.8 Å². The van der Waals surface area contributed by atoms with Gasteiger partial charge in [0.15, 0.2) is 18.5 Å². The SMILES string of the molecule is CC(C)CCC[C@@H](C)CCC[C@@H](C)CCC[C@@H](C)CCOC[C@H](CO[C@@H]1O[C@H](CO)[C@@H](O)[C@H](OC(=O)c2ccccc2)[C@H]1OC(=O)c1ccccc1)OCC[C@H](C)CCC[C@H](C)CCC[C@H](C)CCCC(C)C. The maximum atomic E-state index is 13.6. The molecule has 1 aliphatic rings. The summed E-state index contributed by atoms with van der Waals surface area (Å²) in [5, 5.41) is 21.8. The summed E-state index contributed by atoms with van der Waals surface area (Å²) in [6.45, 7) is 24.3. The lowest BCUT2D eigenvalue weighted by Gasteiger charge is -2.43.